The van der Waals surface area contributed by atoms with E-state index in [0.29, 0.717) is 18.3 Å². The molecule has 0 N–H and O–H groups in total. The fourth-order valence-electron chi connectivity index (χ4n) is 1.79. The van der Waals surface area contributed by atoms with Crippen LogP contribution in [0.4, 0.5) is 0 Å². The summed E-state index contributed by atoms with van der Waals surface area (Å²) in [6.07, 6.45) is 5.30. The molecule has 0 saturated carbocycles. The zero-order chi connectivity index (χ0) is 12.4. The fourth-order valence-corrected chi connectivity index (χ4v) is 1.79. The van der Waals surface area contributed by atoms with Gasteiger partial charge in [-0.2, -0.15) is 4.98 Å². The molecular weight excluding hydrogens is 228 g/mol. The molecule has 0 unspecified atom stereocenters. The molecule has 0 aliphatic rings. The van der Waals surface area contributed by atoms with Crippen LogP contribution in [0.5, 0.6) is 0 Å². The zero-order valence-electron chi connectivity index (χ0n) is 9.95. The van der Waals surface area contributed by atoms with E-state index in [0.717, 1.165) is 11.1 Å². The first kappa shape index (κ1) is 10.7. The number of imidazole rings is 1. The van der Waals surface area contributed by atoms with Crippen molar-refractivity contribution in [2.45, 2.75) is 13.5 Å². The molecule has 18 heavy (non-hydrogen) atoms. The number of benzene rings is 1. The first-order valence-corrected chi connectivity index (χ1v) is 5.67. The first-order valence-electron chi connectivity index (χ1n) is 5.67. The Morgan fingerprint density at radius 2 is 2.17 bits per heavy atom. The van der Waals surface area contributed by atoms with Crippen molar-refractivity contribution in [1.82, 2.24) is 19.7 Å². The molecular formula is C13H12N4O. The molecule has 1 aromatic carbocycles. The lowest BCUT2D eigenvalue weighted by molar-refractivity contribution is 0.371. The highest BCUT2D eigenvalue weighted by atomic mass is 16.5. The number of hydrogen-bond acceptors (Lipinski definition) is 4. The molecule has 0 aliphatic carbocycles. The Bertz CT molecular complexity index is 643. The maximum absolute atomic E-state index is 5.24. The monoisotopic (exact) mass is 240 g/mol. The normalized spacial score (nSPS) is 10.7. The molecule has 0 bridgehead atoms. The predicted molar refractivity (Wildman–Crippen MR) is 65.8 cm³/mol. The van der Waals surface area contributed by atoms with Gasteiger partial charge in [0.2, 0.25) is 11.7 Å². The van der Waals surface area contributed by atoms with Crippen molar-refractivity contribution in [1.29, 1.82) is 0 Å². The summed E-state index contributed by atoms with van der Waals surface area (Å²) in [5.74, 6) is 1.20. The third-order valence-electron chi connectivity index (χ3n) is 2.73. The molecule has 0 radical (unpaired) electrons. The minimum Gasteiger partial charge on any atom is -0.337 e. The number of hydrogen-bond donors (Lipinski definition) is 0. The Hall–Kier alpha value is -2.43. The van der Waals surface area contributed by atoms with E-state index in [1.807, 2.05) is 42.0 Å². The van der Waals surface area contributed by atoms with E-state index in [-0.39, 0.29) is 0 Å². The van der Waals surface area contributed by atoms with Crippen molar-refractivity contribution in [3.05, 3.63) is 54.4 Å². The number of nitrogens with zero attached hydrogens (tertiary/aromatic N) is 4. The van der Waals surface area contributed by atoms with Gasteiger partial charge in [0.05, 0.1) is 6.33 Å². The lowest BCUT2D eigenvalue weighted by Gasteiger charge is -1.98. The van der Waals surface area contributed by atoms with Gasteiger partial charge in [-0.25, -0.2) is 4.98 Å². The average molecular weight is 240 g/mol. The van der Waals surface area contributed by atoms with E-state index in [9.17, 15) is 0 Å². The molecule has 2 aromatic heterocycles. The molecule has 90 valence electrons. The van der Waals surface area contributed by atoms with Crippen LogP contribution in [0.25, 0.3) is 11.4 Å². The molecule has 0 aliphatic heterocycles. The summed E-state index contributed by atoms with van der Waals surface area (Å²) in [6, 6.07) is 7.97. The second kappa shape index (κ2) is 4.44. The maximum Gasteiger partial charge on any atom is 0.246 e. The van der Waals surface area contributed by atoms with Crippen molar-refractivity contribution in [3.8, 4) is 11.4 Å². The quantitative estimate of drug-likeness (QED) is 0.704. The molecule has 0 fully saturated rings. The van der Waals surface area contributed by atoms with E-state index >= 15 is 0 Å². The van der Waals surface area contributed by atoms with Crippen molar-refractivity contribution in [2.75, 3.05) is 0 Å². The number of aryl methyl sites for hydroxylation is 1. The topological polar surface area (TPSA) is 56.7 Å². The van der Waals surface area contributed by atoms with Gasteiger partial charge in [0.25, 0.3) is 0 Å². The highest BCUT2D eigenvalue weighted by Gasteiger charge is 2.10. The Morgan fingerprint density at radius 3 is 2.94 bits per heavy atom. The summed E-state index contributed by atoms with van der Waals surface area (Å²) in [6.45, 7) is 2.57. The van der Waals surface area contributed by atoms with Gasteiger partial charge in [-0.05, 0) is 12.5 Å². The standard InChI is InChI=1S/C13H12N4O/c1-10-4-2-3-5-11(10)13-15-12(18-16-13)8-17-7-6-14-9-17/h2-7,9H,8H2,1H3. The summed E-state index contributed by atoms with van der Waals surface area (Å²) in [4.78, 5) is 8.36. The summed E-state index contributed by atoms with van der Waals surface area (Å²) < 4.78 is 7.12. The molecule has 3 aromatic rings. The van der Waals surface area contributed by atoms with Crippen LogP contribution < -0.4 is 0 Å². The van der Waals surface area contributed by atoms with Gasteiger partial charge in [-0.1, -0.05) is 29.4 Å². The van der Waals surface area contributed by atoms with Crippen LogP contribution in [-0.2, 0) is 6.54 Å². The summed E-state index contributed by atoms with van der Waals surface area (Å²) in [7, 11) is 0. The molecule has 5 nitrogen and oxygen atoms in total. The van der Waals surface area contributed by atoms with Crippen LogP contribution in [-0.4, -0.2) is 19.7 Å². The second-order valence-electron chi connectivity index (χ2n) is 4.06. The van der Waals surface area contributed by atoms with Gasteiger partial charge in [0, 0.05) is 18.0 Å². The lowest BCUT2D eigenvalue weighted by Crippen LogP contribution is -1.96. The predicted octanol–water partition coefficient (Wildman–Crippen LogP) is 2.29. The van der Waals surface area contributed by atoms with Crippen molar-refractivity contribution >= 4 is 0 Å². The smallest absolute Gasteiger partial charge is 0.246 e. The van der Waals surface area contributed by atoms with E-state index in [2.05, 4.69) is 15.1 Å². The summed E-state index contributed by atoms with van der Waals surface area (Å²) in [5, 5.41) is 4.01. The van der Waals surface area contributed by atoms with Gasteiger partial charge in [-0.15, -0.1) is 0 Å². The molecule has 2 heterocycles. The van der Waals surface area contributed by atoms with Crippen LogP contribution in [0.15, 0.2) is 47.5 Å². The molecule has 0 atom stereocenters. The fraction of sp³-hybridized carbons (Fsp3) is 0.154. The third-order valence-corrected chi connectivity index (χ3v) is 2.73. The molecule has 0 amide bonds. The van der Waals surface area contributed by atoms with Crippen LogP contribution in [0, 0.1) is 6.92 Å². The molecule has 0 spiro atoms. The minimum atomic E-state index is 0.541. The number of aromatic nitrogens is 4. The molecule has 5 heteroatoms. The van der Waals surface area contributed by atoms with Crippen molar-refractivity contribution < 1.29 is 4.52 Å². The van der Waals surface area contributed by atoms with Crippen LogP contribution in [0.3, 0.4) is 0 Å². The second-order valence-corrected chi connectivity index (χ2v) is 4.06. The lowest BCUT2D eigenvalue weighted by atomic mass is 10.1. The van der Waals surface area contributed by atoms with Gasteiger partial charge < -0.3 is 9.09 Å². The first-order chi connectivity index (χ1) is 8.83. The maximum atomic E-state index is 5.24. The Kier molecular flexibility index (Phi) is 2.64. The summed E-state index contributed by atoms with van der Waals surface area (Å²) >= 11 is 0. The van der Waals surface area contributed by atoms with E-state index in [1.165, 1.54) is 0 Å². The molecule has 3 rings (SSSR count). The highest BCUT2D eigenvalue weighted by Crippen LogP contribution is 2.19. The SMILES string of the molecule is Cc1ccccc1-c1noc(Cn2ccnc2)n1. The zero-order valence-corrected chi connectivity index (χ0v) is 9.95. The third kappa shape index (κ3) is 2.02. The molecule has 0 saturated heterocycles. The van der Waals surface area contributed by atoms with Crippen molar-refractivity contribution in [3.63, 3.8) is 0 Å². The van der Waals surface area contributed by atoms with Gasteiger partial charge >= 0.3 is 0 Å². The van der Waals surface area contributed by atoms with Gasteiger partial charge in [0.15, 0.2) is 0 Å². The van der Waals surface area contributed by atoms with Crippen LogP contribution >= 0.6 is 0 Å². The van der Waals surface area contributed by atoms with Crippen molar-refractivity contribution in [2.24, 2.45) is 0 Å². The Morgan fingerprint density at radius 1 is 1.28 bits per heavy atom. The number of rotatable bonds is 3. The highest BCUT2D eigenvalue weighted by molar-refractivity contribution is 5.58. The Balaban J connectivity index is 1.88. The van der Waals surface area contributed by atoms with Crippen LogP contribution in [0.2, 0.25) is 0 Å². The van der Waals surface area contributed by atoms with Crippen LogP contribution in [0.1, 0.15) is 11.5 Å². The van der Waals surface area contributed by atoms with Gasteiger partial charge in [0.1, 0.15) is 6.54 Å². The average Bonchev–Trinajstić information content (AvgIpc) is 3.02. The van der Waals surface area contributed by atoms with E-state index in [1.54, 1.807) is 12.5 Å². The van der Waals surface area contributed by atoms with E-state index in [4.69, 9.17) is 4.52 Å². The summed E-state index contributed by atoms with van der Waals surface area (Å²) in [5.41, 5.74) is 2.13. The Labute approximate surface area is 104 Å². The van der Waals surface area contributed by atoms with E-state index < -0.39 is 0 Å². The van der Waals surface area contributed by atoms with Gasteiger partial charge in [-0.3, -0.25) is 0 Å². The minimum absolute atomic E-state index is 0.541. The largest absolute Gasteiger partial charge is 0.337 e.